The average Bonchev–Trinajstić information content (AvgIpc) is 2.75. The molecule has 2 aromatic rings. The van der Waals surface area contributed by atoms with E-state index in [2.05, 4.69) is 81.3 Å². The van der Waals surface area contributed by atoms with Crippen LogP contribution in [0.1, 0.15) is 20.8 Å². The molecule has 0 heterocycles. The molecule has 0 saturated carbocycles. The standard InChI is InChI=1S/C9H7.C6H15NSi.2ClH.Ti/c1-2-5-9-7-3-6-8(9)4-1;1-6(2,3)7-8(4)5;;;/h1-7H;1-5H3;2*1H;/q2*-1;;;+2/p-2. The summed E-state index contributed by atoms with van der Waals surface area (Å²) in [6.07, 6.45) is 0. The van der Waals surface area contributed by atoms with Gasteiger partial charge < -0.3 is 4.98 Å². The maximum Gasteiger partial charge on any atom is -0.0809 e. The Morgan fingerprint density at radius 1 is 1.10 bits per heavy atom. The molecule has 1 radical (unpaired) electrons. The minimum Gasteiger partial charge on any atom is -0.168 e. The number of nitrogens with zero attached hydrogens (tertiary/aromatic N) is 1. The Kier molecular flexibility index (Phi) is 11.1. The van der Waals surface area contributed by atoms with Crippen molar-refractivity contribution in [3.63, 3.8) is 0 Å². The van der Waals surface area contributed by atoms with Gasteiger partial charge in [-0.3, -0.25) is 0 Å². The fourth-order valence-electron chi connectivity index (χ4n) is 1.74. The van der Waals surface area contributed by atoms with E-state index in [1.54, 1.807) is 0 Å². The van der Waals surface area contributed by atoms with E-state index >= 15 is 0 Å². The van der Waals surface area contributed by atoms with Crippen LogP contribution in [0.3, 0.4) is 0 Å². The molecule has 1 nitrogen and oxygen atoms in total. The van der Waals surface area contributed by atoms with Gasteiger partial charge in [-0.15, -0.1) is 35.2 Å². The van der Waals surface area contributed by atoms with Crippen LogP contribution in [0.2, 0.25) is 13.1 Å². The van der Waals surface area contributed by atoms with E-state index in [4.69, 9.17) is 18.6 Å². The predicted molar refractivity (Wildman–Crippen MR) is 91.8 cm³/mol. The number of fused-ring (bicyclic) bond motifs is 1. The molecule has 5 heteroatoms. The molecular formula is C15H22Cl2NSiTi-2. The van der Waals surface area contributed by atoms with Crippen LogP contribution >= 0.6 is 18.6 Å². The summed E-state index contributed by atoms with van der Waals surface area (Å²) in [6.45, 7) is 10.8. The third-order valence-electron chi connectivity index (χ3n) is 2.11. The first-order valence-electron chi connectivity index (χ1n) is 6.40. The van der Waals surface area contributed by atoms with Gasteiger partial charge in [0.2, 0.25) is 0 Å². The summed E-state index contributed by atoms with van der Waals surface area (Å²) in [5.74, 6) is 0. The zero-order chi connectivity index (χ0) is 15.6. The van der Waals surface area contributed by atoms with Crippen LogP contribution in [0.5, 0.6) is 0 Å². The van der Waals surface area contributed by atoms with Gasteiger partial charge in [-0.25, -0.2) is 0 Å². The number of rotatable bonds is 1. The Morgan fingerprint density at radius 3 is 2.05 bits per heavy atom. The third kappa shape index (κ3) is 11.0. The molecule has 0 aliphatic rings. The summed E-state index contributed by atoms with van der Waals surface area (Å²) in [5, 5.41) is 2.66. The first-order valence-corrected chi connectivity index (χ1v) is 13.1. The van der Waals surface area contributed by atoms with E-state index in [9.17, 15) is 0 Å². The minimum absolute atomic E-state index is 0.192. The predicted octanol–water partition coefficient (Wildman–Crippen LogP) is 6.34. The third-order valence-corrected chi connectivity index (χ3v) is 3.22. The fourth-order valence-corrected chi connectivity index (χ4v) is 3.08. The van der Waals surface area contributed by atoms with E-state index in [0.29, 0.717) is 0 Å². The maximum absolute atomic E-state index is 4.89. The van der Waals surface area contributed by atoms with Gasteiger partial charge in [-0.1, -0.05) is 48.9 Å². The van der Waals surface area contributed by atoms with Gasteiger partial charge in [0.15, 0.2) is 0 Å². The zero-order valence-corrected chi connectivity index (χ0v) is 16.8. The SMILES string of the molecule is C[Si](C)[N-]C(C)(C)C.[Cl][Ti][Cl].c1ccc2[cH-]ccc2c1. The number of benzene rings is 1. The fraction of sp³-hybridized carbons (Fsp3) is 0.400. The minimum atomic E-state index is -0.556. The van der Waals surface area contributed by atoms with Crippen LogP contribution in [0, 0.1) is 0 Å². The molecule has 0 N–H and O–H groups in total. The smallest absolute Gasteiger partial charge is 0.0809 e. The molecule has 20 heavy (non-hydrogen) atoms. The van der Waals surface area contributed by atoms with E-state index in [1.165, 1.54) is 10.8 Å². The molecule has 0 unspecified atom stereocenters. The van der Waals surface area contributed by atoms with Gasteiger partial charge in [0.1, 0.15) is 0 Å². The summed E-state index contributed by atoms with van der Waals surface area (Å²) >= 11 is -0.556. The summed E-state index contributed by atoms with van der Waals surface area (Å²) in [4.78, 5) is 4.51. The van der Waals surface area contributed by atoms with Crippen LogP contribution in [0.25, 0.3) is 15.8 Å². The molecule has 0 atom stereocenters. The van der Waals surface area contributed by atoms with Crippen molar-refractivity contribution in [2.75, 3.05) is 0 Å². The molecule has 0 fully saturated rings. The monoisotopic (exact) mass is 362 g/mol. The molecule has 0 aliphatic carbocycles. The van der Waals surface area contributed by atoms with Crippen molar-refractivity contribution < 1.29 is 17.0 Å². The average molecular weight is 363 g/mol. The molecule has 0 aromatic heterocycles. The van der Waals surface area contributed by atoms with Crippen molar-refractivity contribution in [1.29, 1.82) is 0 Å². The van der Waals surface area contributed by atoms with Crippen LogP contribution in [0.15, 0.2) is 42.5 Å². The molecule has 0 saturated heterocycles. The first kappa shape index (κ1) is 20.3. The summed E-state index contributed by atoms with van der Waals surface area (Å²) < 4.78 is 0. The second kappa shape index (κ2) is 10.9. The maximum atomic E-state index is 4.89. The van der Waals surface area contributed by atoms with Crippen LogP contribution in [0.4, 0.5) is 0 Å². The molecule has 2 rings (SSSR count). The summed E-state index contributed by atoms with van der Waals surface area (Å²) in [6, 6.07) is 14.7. The molecule has 2 aromatic carbocycles. The zero-order valence-electron chi connectivity index (χ0n) is 12.7. The summed E-state index contributed by atoms with van der Waals surface area (Å²) in [5.41, 5.74) is 0.192. The molecule has 111 valence electrons. The van der Waals surface area contributed by atoms with E-state index in [-0.39, 0.29) is 14.5 Å². The number of halogens is 2. The number of hydrogen-bond donors (Lipinski definition) is 0. The topological polar surface area (TPSA) is 14.1 Å². The normalized spacial score (nSPS) is 10.4. The quantitative estimate of drug-likeness (QED) is 0.414. The van der Waals surface area contributed by atoms with Crippen LogP contribution in [-0.4, -0.2) is 14.5 Å². The Bertz CT molecular complexity index is 436. The molecule has 0 aliphatic heterocycles. The Labute approximate surface area is 141 Å². The van der Waals surface area contributed by atoms with Gasteiger partial charge in [0.25, 0.3) is 0 Å². The van der Waals surface area contributed by atoms with Gasteiger partial charge in [0, 0.05) is 0 Å². The van der Waals surface area contributed by atoms with E-state index in [1.807, 2.05) is 0 Å². The summed E-state index contributed by atoms with van der Waals surface area (Å²) in [7, 11) is 9.41. The second-order valence-electron chi connectivity index (χ2n) is 5.46. The van der Waals surface area contributed by atoms with E-state index in [0.717, 1.165) is 0 Å². The van der Waals surface area contributed by atoms with Crippen LogP contribution < -0.4 is 0 Å². The Balaban J connectivity index is 0.000000306. The Morgan fingerprint density at radius 2 is 1.65 bits per heavy atom. The van der Waals surface area contributed by atoms with Crippen LogP contribution in [-0.2, 0) is 17.0 Å². The second-order valence-corrected chi connectivity index (χ2v) is 10.2. The Hall–Kier alpha value is 0.301. The molecular weight excluding hydrogens is 341 g/mol. The van der Waals surface area contributed by atoms with Gasteiger partial charge in [-0.2, -0.15) is 17.5 Å². The van der Waals surface area contributed by atoms with Gasteiger partial charge in [-0.05, 0) is 0 Å². The van der Waals surface area contributed by atoms with Crippen molar-refractivity contribution in [2.45, 2.75) is 39.4 Å². The largest absolute Gasteiger partial charge is 0.168 e. The van der Waals surface area contributed by atoms with Crippen molar-refractivity contribution in [3.05, 3.63) is 47.4 Å². The van der Waals surface area contributed by atoms with Gasteiger partial charge >= 0.3 is 35.6 Å². The molecule has 0 spiro atoms. The number of hydrogen-bond acceptors (Lipinski definition) is 0. The van der Waals surface area contributed by atoms with Crippen molar-refractivity contribution >= 4 is 38.3 Å². The van der Waals surface area contributed by atoms with Crippen molar-refractivity contribution in [3.8, 4) is 0 Å². The van der Waals surface area contributed by atoms with Crippen molar-refractivity contribution in [1.82, 2.24) is 0 Å². The van der Waals surface area contributed by atoms with E-state index < -0.39 is 17.0 Å². The van der Waals surface area contributed by atoms with Crippen molar-refractivity contribution in [2.24, 2.45) is 0 Å². The molecule has 0 bridgehead atoms. The first-order chi connectivity index (χ1) is 9.30. The van der Waals surface area contributed by atoms with Gasteiger partial charge in [0.05, 0.1) is 0 Å². The molecule has 0 amide bonds.